The summed E-state index contributed by atoms with van der Waals surface area (Å²) in [5.74, 6) is 0.219. The molecule has 0 bridgehead atoms. The summed E-state index contributed by atoms with van der Waals surface area (Å²) in [4.78, 5) is 14.5. The number of rotatable bonds is 6. The second-order valence-electron chi connectivity index (χ2n) is 7.05. The molecule has 29 heavy (non-hydrogen) atoms. The van der Waals surface area contributed by atoms with Crippen LogP contribution in [0.5, 0.6) is 0 Å². The molecule has 1 saturated heterocycles. The fourth-order valence-electron chi connectivity index (χ4n) is 3.34. The molecule has 0 radical (unpaired) electrons. The number of carbonyl (C=O) groups is 1. The Kier molecular flexibility index (Phi) is 5.65. The van der Waals surface area contributed by atoms with E-state index in [2.05, 4.69) is 25.7 Å². The van der Waals surface area contributed by atoms with Crippen LogP contribution >= 0.6 is 0 Å². The molecule has 0 spiro atoms. The molecule has 4 rings (SSSR count). The van der Waals surface area contributed by atoms with Crippen molar-refractivity contribution in [2.75, 3.05) is 28.6 Å². The maximum absolute atomic E-state index is 12.9. The quantitative estimate of drug-likeness (QED) is 0.661. The highest BCUT2D eigenvalue weighted by Gasteiger charge is 2.13. The number of hydrogen-bond acceptors (Lipinski definition) is 5. The molecule has 1 aliphatic rings. The highest BCUT2D eigenvalue weighted by molar-refractivity contribution is 5.92. The smallest absolute Gasteiger partial charge is 0.228 e. The van der Waals surface area contributed by atoms with Crippen molar-refractivity contribution in [2.45, 2.75) is 19.3 Å². The largest absolute Gasteiger partial charge is 0.370 e. The number of hydrogen-bond donors (Lipinski definition) is 2. The molecule has 0 atom stereocenters. The van der Waals surface area contributed by atoms with Crippen LogP contribution < -0.4 is 15.5 Å². The Morgan fingerprint density at radius 3 is 2.41 bits per heavy atom. The first-order valence-electron chi connectivity index (χ1n) is 9.65. The fraction of sp³-hybridized carbons (Fsp3) is 0.227. The van der Waals surface area contributed by atoms with E-state index in [4.69, 9.17) is 0 Å². The second-order valence-corrected chi connectivity index (χ2v) is 7.05. The average Bonchev–Trinajstić information content (AvgIpc) is 3.26. The SMILES string of the molecule is O=C(Cc1ccc(F)cc1)Nc1ccc(Nc2cc(N3CCCC3)cnn2)cc1. The molecule has 0 unspecified atom stereocenters. The lowest BCUT2D eigenvalue weighted by atomic mass is 10.1. The van der Waals surface area contributed by atoms with Crippen LogP contribution in [0.15, 0.2) is 60.8 Å². The first-order chi connectivity index (χ1) is 14.2. The number of nitrogens with one attached hydrogen (secondary N) is 2. The zero-order valence-electron chi connectivity index (χ0n) is 15.9. The molecule has 2 N–H and O–H groups in total. The molecule has 7 heteroatoms. The third-order valence-corrected chi connectivity index (χ3v) is 4.83. The first kappa shape index (κ1) is 18.9. The summed E-state index contributed by atoms with van der Waals surface area (Å²) in [6, 6.07) is 15.3. The zero-order valence-corrected chi connectivity index (χ0v) is 15.9. The van der Waals surface area contributed by atoms with Crippen molar-refractivity contribution < 1.29 is 9.18 Å². The Hall–Kier alpha value is -3.48. The van der Waals surface area contributed by atoms with Gasteiger partial charge in [0.15, 0.2) is 5.82 Å². The standard InChI is InChI=1S/C22H22FN5O/c23-17-5-3-16(4-6-17)13-22(29)26-19-9-7-18(8-10-19)25-21-14-20(15-24-27-21)28-11-1-2-12-28/h3-10,14-15H,1-2,11-13H2,(H,25,27)(H,26,29). The van der Waals surface area contributed by atoms with Gasteiger partial charge in [0, 0.05) is 30.5 Å². The molecular formula is C22H22FN5O. The first-order valence-corrected chi connectivity index (χ1v) is 9.65. The van der Waals surface area contributed by atoms with Crippen LogP contribution in [0.4, 0.5) is 27.3 Å². The van der Waals surface area contributed by atoms with E-state index in [0.29, 0.717) is 11.5 Å². The summed E-state index contributed by atoms with van der Waals surface area (Å²) in [5, 5.41) is 14.3. The molecule has 2 heterocycles. The Bertz CT molecular complexity index is 969. The monoisotopic (exact) mass is 391 g/mol. The Balaban J connectivity index is 1.34. The molecule has 6 nitrogen and oxygen atoms in total. The van der Waals surface area contributed by atoms with Gasteiger partial charge in [-0.15, -0.1) is 5.10 Å². The molecular weight excluding hydrogens is 369 g/mol. The van der Waals surface area contributed by atoms with Crippen LogP contribution in [0, 0.1) is 5.82 Å². The molecule has 148 valence electrons. The lowest BCUT2D eigenvalue weighted by molar-refractivity contribution is -0.115. The number of anilines is 4. The number of carbonyl (C=O) groups excluding carboxylic acids is 1. The van der Waals surface area contributed by atoms with Crippen molar-refractivity contribution in [2.24, 2.45) is 0 Å². The molecule has 3 aromatic rings. The van der Waals surface area contributed by atoms with Crippen molar-refractivity contribution in [3.8, 4) is 0 Å². The van der Waals surface area contributed by atoms with Gasteiger partial charge in [-0.3, -0.25) is 4.79 Å². The lowest BCUT2D eigenvalue weighted by Crippen LogP contribution is -2.18. The summed E-state index contributed by atoms with van der Waals surface area (Å²) >= 11 is 0. The van der Waals surface area contributed by atoms with Crippen LogP contribution in [0.25, 0.3) is 0 Å². The van der Waals surface area contributed by atoms with E-state index in [0.717, 1.165) is 30.0 Å². The number of aromatic nitrogens is 2. The van der Waals surface area contributed by atoms with Gasteiger partial charge in [0.25, 0.3) is 0 Å². The molecule has 1 aromatic heterocycles. The van der Waals surface area contributed by atoms with Crippen LogP contribution in [-0.2, 0) is 11.2 Å². The highest BCUT2D eigenvalue weighted by atomic mass is 19.1. The van der Waals surface area contributed by atoms with E-state index in [1.807, 2.05) is 30.3 Å². The second kappa shape index (κ2) is 8.68. The molecule has 0 saturated carbocycles. The normalized spacial score (nSPS) is 13.3. The third kappa shape index (κ3) is 5.07. The van der Waals surface area contributed by atoms with E-state index >= 15 is 0 Å². The van der Waals surface area contributed by atoms with Crippen LogP contribution in [0.2, 0.25) is 0 Å². The highest BCUT2D eigenvalue weighted by Crippen LogP contribution is 2.23. The summed E-state index contributed by atoms with van der Waals surface area (Å²) in [7, 11) is 0. The minimum absolute atomic E-state index is 0.151. The van der Waals surface area contributed by atoms with Crippen molar-refractivity contribution >= 4 is 28.8 Å². The number of nitrogens with zero attached hydrogens (tertiary/aromatic N) is 3. The van der Waals surface area contributed by atoms with Gasteiger partial charge in [0.1, 0.15) is 5.82 Å². The van der Waals surface area contributed by atoms with Crippen LogP contribution in [0.1, 0.15) is 18.4 Å². The minimum Gasteiger partial charge on any atom is -0.370 e. The van der Waals surface area contributed by atoms with Crippen molar-refractivity contribution in [1.29, 1.82) is 0 Å². The van der Waals surface area contributed by atoms with Crippen molar-refractivity contribution in [3.05, 3.63) is 72.2 Å². The van der Waals surface area contributed by atoms with Gasteiger partial charge in [-0.25, -0.2) is 4.39 Å². The maximum atomic E-state index is 12.9. The van der Waals surface area contributed by atoms with Gasteiger partial charge < -0.3 is 15.5 Å². The lowest BCUT2D eigenvalue weighted by Gasteiger charge is -2.17. The van der Waals surface area contributed by atoms with Gasteiger partial charge in [0.2, 0.25) is 5.91 Å². The molecule has 1 amide bonds. The number of amides is 1. The Morgan fingerprint density at radius 1 is 1.00 bits per heavy atom. The summed E-state index contributed by atoms with van der Waals surface area (Å²) < 4.78 is 12.9. The minimum atomic E-state index is -0.312. The van der Waals surface area contributed by atoms with E-state index < -0.39 is 0 Å². The Labute approximate surface area is 168 Å². The maximum Gasteiger partial charge on any atom is 0.228 e. The third-order valence-electron chi connectivity index (χ3n) is 4.83. The predicted octanol–water partition coefficient (Wildman–Crippen LogP) is 4.14. The van der Waals surface area contributed by atoms with Gasteiger partial charge in [-0.05, 0) is 54.8 Å². The van der Waals surface area contributed by atoms with E-state index in [1.54, 1.807) is 18.3 Å². The molecule has 2 aromatic carbocycles. The van der Waals surface area contributed by atoms with Crippen LogP contribution in [0.3, 0.4) is 0 Å². The Morgan fingerprint density at radius 2 is 1.69 bits per heavy atom. The number of halogens is 1. The van der Waals surface area contributed by atoms with Gasteiger partial charge in [-0.1, -0.05) is 12.1 Å². The number of benzene rings is 2. The van der Waals surface area contributed by atoms with Gasteiger partial charge >= 0.3 is 0 Å². The van der Waals surface area contributed by atoms with E-state index in [9.17, 15) is 9.18 Å². The predicted molar refractivity (Wildman–Crippen MR) is 112 cm³/mol. The van der Waals surface area contributed by atoms with Gasteiger partial charge in [0.05, 0.1) is 18.3 Å². The zero-order chi connectivity index (χ0) is 20.1. The molecule has 1 aliphatic heterocycles. The van der Waals surface area contributed by atoms with E-state index in [-0.39, 0.29) is 18.1 Å². The fourth-order valence-corrected chi connectivity index (χ4v) is 3.34. The van der Waals surface area contributed by atoms with Crippen molar-refractivity contribution in [1.82, 2.24) is 10.2 Å². The molecule has 1 fully saturated rings. The summed E-state index contributed by atoms with van der Waals surface area (Å²) in [6.07, 6.45) is 4.40. The summed E-state index contributed by atoms with van der Waals surface area (Å²) in [5.41, 5.74) is 3.39. The summed E-state index contributed by atoms with van der Waals surface area (Å²) in [6.45, 7) is 2.11. The average molecular weight is 391 g/mol. The van der Waals surface area contributed by atoms with E-state index in [1.165, 1.54) is 25.0 Å². The molecule has 0 aliphatic carbocycles. The van der Waals surface area contributed by atoms with Gasteiger partial charge in [-0.2, -0.15) is 5.10 Å². The van der Waals surface area contributed by atoms with Crippen LogP contribution in [-0.4, -0.2) is 29.2 Å². The van der Waals surface area contributed by atoms with Crippen molar-refractivity contribution in [3.63, 3.8) is 0 Å². The topological polar surface area (TPSA) is 70.2 Å².